The summed E-state index contributed by atoms with van der Waals surface area (Å²) in [6.45, 7) is 0. The Morgan fingerprint density at radius 2 is 1.32 bits per heavy atom. The van der Waals surface area contributed by atoms with E-state index in [-0.39, 0.29) is 33.6 Å². The molecule has 0 saturated heterocycles. The van der Waals surface area contributed by atoms with E-state index in [0.29, 0.717) is 4.90 Å². The Morgan fingerprint density at radius 3 is 1.64 bits per heavy atom. The number of rotatable bonds is 5. The van der Waals surface area contributed by atoms with Gasteiger partial charge in [-0.2, -0.15) is 13.2 Å². The lowest BCUT2D eigenvalue weighted by atomic mass is 10.1. The van der Waals surface area contributed by atoms with Crippen molar-refractivity contribution in [2.24, 2.45) is 0 Å². The SMILES string of the molecule is O=CN(c1c(Cl)cc(Cl)cc1Cl)c1c([N+](=O)[O-])cc(C(F)(F)F)cc1[N+](=O)[O-]. The number of amides is 1. The van der Waals surface area contributed by atoms with Gasteiger partial charge in [0.15, 0.2) is 0 Å². The Bertz CT molecular complexity index is 942. The fourth-order valence-corrected chi connectivity index (χ4v) is 3.27. The molecule has 0 aromatic heterocycles. The van der Waals surface area contributed by atoms with Gasteiger partial charge in [0.25, 0.3) is 0 Å². The number of carbonyl (C=O) groups is 1. The second kappa shape index (κ2) is 7.78. The first-order valence-electron chi connectivity index (χ1n) is 6.81. The molecule has 0 radical (unpaired) electrons. The van der Waals surface area contributed by atoms with Crippen LogP contribution in [0.4, 0.5) is 35.9 Å². The number of benzene rings is 2. The molecule has 0 spiro atoms. The van der Waals surface area contributed by atoms with Crippen LogP contribution >= 0.6 is 34.8 Å². The Hall–Kier alpha value is -2.63. The van der Waals surface area contributed by atoms with Crippen molar-refractivity contribution < 1.29 is 27.8 Å². The van der Waals surface area contributed by atoms with E-state index in [1.807, 2.05) is 0 Å². The summed E-state index contributed by atoms with van der Waals surface area (Å²) in [7, 11) is 0. The molecular weight excluding hydrogens is 454 g/mol. The van der Waals surface area contributed by atoms with Crippen molar-refractivity contribution in [3.05, 3.63) is 65.1 Å². The van der Waals surface area contributed by atoms with Crippen molar-refractivity contribution in [2.75, 3.05) is 4.90 Å². The monoisotopic (exact) mass is 457 g/mol. The van der Waals surface area contributed by atoms with Gasteiger partial charge >= 0.3 is 17.6 Å². The number of nitrogens with zero attached hydrogens (tertiary/aromatic N) is 3. The number of nitro groups is 2. The molecular formula is C14H5Cl3F3N3O5. The van der Waals surface area contributed by atoms with Crippen molar-refractivity contribution in [1.82, 2.24) is 0 Å². The quantitative estimate of drug-likeness (QED) is 0.321. The second-order valence-corrected chi connectivity index (χ2v) is 6.32. The molecule has 2 rings (SSSR count). The van der Waals surface area contributed by atoms with Crippen LogP contribution in [-0.4, -0.2) is 16.3 Å². The summed E-state index contributed by atoms with van der Waals surface area (Å²) < 4.78 is 39.0. The van der Waals surface area contributed by atoms with Crippen LogP contribution in [0.25, 0.3) is 0 Å². The van der Waals surface area contributed by atoms with Gasteiger partial charge in [0.1, 0.15) is 0 Å². The molecule has 0 saturated carbocycles. The van der Waals surface area contributed by atoms with Crippen LogP contribution in [-0.2, 0) is 11.0 Å². The number of nitro benzene ring substituents is 2. The molecule has 0 N–H and O–H groups in total. The van der Waals surface area contributed by atoms with E-state index in [9.17, 15) is 38.2 Å². The van der Waals surface area contributed by atoms with E-state index < -0.39 is 44.3 Å². The number of hydrogen-bond acceptors (Lipinski definition) is 5. The average molecular weight is 459 g/mol. The smallest absolute Gasteiger partial charge is 0.278 e. The minimum Gasteiger partial charge on any atom is -0.278 e. The third kappa shape index (κ3) is 4.11. The van der Waals surface area contributed by atoms with Crippen LogP contribution in [0.5, 0.6) is 0 Å². The van der Waals surface area contributed by atoms with Crippen molar-refractivity contribution in [1.29, 1.82) is 0 Å². The molecule has 0 heterocycles. The van der Waals surface area contributed by atoms with Crippen molar-refractivity contribution >= 4 is 64.0 Å². The van der Waals surface area contributed by atoms with Crippen LogP contribution < -0.4 is 4.90 Å². The highest BCUT2D eigenvalue weighted by Crippen LogP contribution is 2.48. The van der Waals surface area contributed by atoms with Crippen LogP contribution in [0.3, 0.4) is 0 Å². The number of alkyl halides is 3. The molecule has 0 fully saturated rings. The summed E-state index contributed by atoms with van der Waals surface area (Å²) in [5, 5.41) is 22.0. The lowest BCUT2D eigenvalue weighted by Crippen LogP contribution is -2.19. The van der Waals surface area contributed by atoms with Gasteiger partial charge in [-0.25, -0.2) is 0 Å². The fraction of sp³-hybridized carbons (Fsp3) is 0.0714. The summed E-state index contributed by atoms with van der Waals surface area (Å²) in [5.74, 6) is 0. The number of hydrogen-bond donors (Lipinski definition) is 0. The van der Waals surface area contributed by atoms with E-state index in [1.165, 1.54) is 0 Å². The average Bonchev–Trinajstić information content (AvgIpc) is 2.55. The molecule has 0 aliphatic carbocycles. The van der Waals surface area contributed by atoms with E-state index in [1.54, 1.807) is 0 Å². The van der Waals surface area contributed by atoms with E-state index >= 15 is 0 Å². The Morgan fingerprint density at radius 1 is 0.893 bits per heavy atom. The summed E-state index contributed by atoms with van der Waals surface area (Å²) in [6.07, 6.45) is -5.22. The summed E-state index contributed by atoms with van der Waals surface area (Å²) >= 11 is 17.6. The normalized spacial score (nSPS) is 11.2. The standard InChI is InChI=1S/C14H5Cl3F3N3O5/c15-7-3-8(16)12(9(17)4-7)21(5-24)13-10(22(25)26)1-6(14(18,19)20)2-11(13)23(27)28/h1-5H. The minimum absolute atomic E-state index is 0.0148. The molecule has 28 heavy (non-hydrogen) atoms. The topological polar surface area (TPSA) is 107 Å². The molecule has 1 amide bonds. The highest BCUT2D eigenvalue weighted by molar-refractivity contribution is 6.42. The third-order valence-corrected chi connectivity index (χ3v) is 4.15. The highest BCUT2D eigenvalue weighted by atomic mass is 35.5. The maximum absolute atomic E-state index is 13.0. The Kier molecular flexibility index (Phi) is 6.02. The van der Waals surface area contributed by atoms with Crippen molar-refractivity contribution in [3.63, 3.8) is 0 Å². The molecule has 14 heteroatoms. The minimum atomic E-state index is -5.12. The summed E-state index contributed by atoms with van der Waals surface area (Å²) in [4.78, 5) is 32.0. The van der Waals surface area contributed by atoms with Gasteiger partial charge in [-0.15, -0.1) is 0 Å². The number of anilines is 2. The van der Waals surface area contributed by atoms with Gasteiger partial charge in [-0.05, 0) is 12.1 Å². The molecule has 2 aromatic rings. The maximum atomic E-state index is 13.0. The van der Waals surface area contributed by atoms with Crippen LogP contribution in [0.1, 0.15) is 5.56 Å². The molecule has 0 atom stereocenters. The van der Waals surface area contributed by atoms with Gasteiger partial charge in [-0.3, -0.25) is 29.9 Å². The molecule has 0 aliphatic rings. The van der Waals surface area contributed by atoms with Crippen LogP contribution in [0.15, 0.2) is 24.3 Å². The van der Waals surface area contributed by atoms with Gasteiger partial charge in [0, 0.05) is 17.2 Å². The largest absolute Gasteiger partial charge is 0.416 e. The van der Waals surface area contributed by atoms with Crippen LogP contribution in [0, 0.1) is 20.2 Å². The first-order chi connectivity index (χ1) is 12.9. The van der Waals surface area contributed by atoms with Crippen molar-refractivity contribution in [2.45, 2.75) is 6.18 Å². The zero-order valence-electron chi connectivity index (χ0n) is 13.0. The molecule has 0 unspecified atom stereocenters. The highest BCUT2D eigenvalue weighted by Gasteiger charge is 2.40. The molecule has 2 aromatic carbocycles. The molecule has 148 valence electrons. The second-order valence-electron chi connectivity index (χ2n) is 5.07. The lowest BCUT2D eigenvalue weighted by molar-refractivity contribution is -0.392. The molecule has 0 bridgehead atoms. The fourth-order valence-electron chi connectivity index (χ4n) is 2.27. The molecule has 8 nitrogen and oxygen atoms in total. The van der Waals surface area contributed by atoms with E-state index in [2.05, 4.69) is 0 Å². The predicted octanol–water partition coefficient (Wildman–Crippen LogP) is 5.78. The van der Waals surface area contributed by atoms with Gasteiger partial charge < -0.3 is 0 Å². The van der Waals surface area contributed by atoms with E-state index in [0.717, 1.165) is 12.1 Å². The number of halogens is 6. The van der Waals surface area contributed by atoms with Crippen molar-refractivity contribution in [3.8, 4) is 0 Å². The summed E-state index contributed by atoms with van der Waals surface area (Å²) in [6, 6.07) is 2.30. The Labute approximate surface area is 168 Å². The zero-order valence-corrected chi connectivity index (χ0v) is 15.3. The number of carbonyl (C=O) groups excluding carboxylic acids is 1. The summed E-state index contributed by atoms with van der Waals surface area (Å²) in [5.41, 5.74) is -5.84. The predicted molar refractivity (Wildman–Crippen MR) is 94.4 cm³/mol. The lowest BCUT2D eigenvalue weighted by Gasteiger charge is -2.21. The Balaban J connectivity index is 2.94. The van der Waals surface area contributed by atoms with Gasteiger partial charge in [0.2, 0.25) is 12.1 Å². The maximum Gasteiger partial charge on any atom is 0.416 e. The first-order valence-corrected chi connectivity index (χ1v) is 7.95. The zero-order chi connectivity index (χ0) is 21.4. The van der Waals surface area contributed by atoms with Gasteiger partial charge in [-0.1, -0.05) is 34.8 Å². The van der Waals surface area contributed by atoms with E-state index in [4.69, 9.17) is 34.8 Å². The van der Waals surface area contributed by atoms with Crippen LogP contribution in [0.2, 0.25) is 15.1 Å². The van der Waals surface area contributed by atoms with Gasteiger partial charge in [0.05, 0.1) is 31.1 Å². The first kappa shape index (κ1) is 21.7. The third-order valence-electron chi connectivity index (χ3n) is 3.36. The molecule has 0 aliphatic heterocycles.